The molecule has 23 heavy (non-hydrogen) atoms. The minimum absolute atomic E-state index is 0.0855. The average molecular weight is 315 g/mol. The third-order valence-electron chi connectivity index (χ3n) is 3.19. The van der Waals surface area contributed by atoms with Gasteiger partial charge in [-0.05, 0) is 36.6 Å². The molecular weight excluding hydrogens is 298 g/mol. The Morgan fingerprint density at radius 2 is 2.04 bits per heavy atom. The molecule has 1 aromatic heterocycles. The van der Waals surface area contributed by atoms with E-state index in [0.717, 1.165) is 5.56 Å². The van der Waals surface area contributed by atoms with Gasteiger partial charge in [0.15, 0.2) is 0 Å². The summed E-state index contributed by atoms with van der Waals surface area (Å²) in [5, 5.41) is 23.4. The van der Waals surface area contributed by atoms with E-state index in [1.54, 1.807) is 19.1 Å². The molecule has 0 amide bonds. The van der Waals surface area contributed by atoms with Crippen molar-refractivity contribution in [2.24, 2.45) is 0 Å². The Hall–Kier alpha value is -2.80. The van der Waals surface area contributed by atoms with Crippen LogP contribution in [0.25, 0.3) is 0 Å². The Bertz CT molecular complexity index is 699. The summed E-state index contributed by atoms with van der Waals surface area (Å²) in [7, 11) is 0. The topological polar surface area (TPSA) is 105 Å². The molecule has 0 unspecified atom stereocenters. The van der Waals surface area contributed by atoms with Crippen molar-refractivity contribution in [2.75, 3.05) is 5.32 Å². The number of nitrogens with one attached hydrogen (secondary N) is 1. The molecule has 1 aromatic carbocycles. The van der Waals surface area contributed by atoms with E-state index in [1.165, 1.54) is 12.3 Å². The number of rotatable bonds is 7. The largest absolute Gasteiger partial charge is 0.393 e. The molecular formula is C16H17N3O4. The summed E-state index contributed by atoms with van der Waals surface area (Å²) >= 11 is 0. The maximum atomic E-state index is 11.2. The van der Waals surface area contributed by atoms with Crippen LogP contribution in [-0.2, 0) is 17.6 Å². The lowest BCUT2D eigenvalue weighted by Crippen LogP contribution is -2.04. The van der Waals surface area contributed by atoms with Gasteiger partial charge >= 0.3 is 5.69 Å². The monoisotopic (exact) mass is 315 g/mol. The van der Waals surface area contributed by atoms with Crippen LogP contribution in [0.1, 0.15) is 18.1 Å². The highest BCUT2D eigenvalue weighted by Gasteiger charge is 2.16. The first kappa shape index (κ1) is 16.6. The van der Waals surface area contributed by atoms with Crippen LogP contribution in [0, 0.1) is 10.1 Å². The van der Waals surface area contributed by atoms with Gasteiger partial charge in [0.2, 0.25) is 5.82 Å². The van der Waals surface area contributed by atoms with E-state index in [1.807, 2.05) is 12.1 Å². The first-order chi connectivity index (χ1) is 11.0. The van der Waals surface area contributed by atoms with Crippen molar-refractivity contribution in [1.29, 1.82) is 0 Å². The van der Waals surface area contributed by atoms with Crippen molar-refractivity contribution < 1.29 is 14.8 Å². The Labute approximate surface area is 133 Å². The van der Waals surface area contributed by atoms with Crippen molar-refractivity contribution in [3.63, 3.8) is 0 Å². The second-order valence-electron chi connectivity index (χ2n) is 5.21. The predicted octanol–water partition coefficient (Wildman–Crippen LogP) is 2.40. The molecule has 0 radical (unpaired) electrons. The zero-order chi connectivity index (χ0) is 16.8. The zero-order valence-corrected chi connectivity index (χ0v) is 12.6. The molecule has 0 aliphatic carbocycles. The number of aliphatic hydroxyl groups excluding tert-OH is 1. The van der Waals surface area contributed by atoms with E-state index in [0.29, 0.717) is 24.0 Å². The van der Waals surface area contributed by atoms with E-state index in [-0.39, 0.29) is 17.9 Å². The predicted molar refractivity (Wildman–Crippen MR) is 85.8 cm³/mol. The Morgan fingerprint density at radius 1 is 1.35 bits per heavy atom. The average Bonchev–Trinajstić information content (AvgIpc) is 2.50. The molecule has 0 saturated heterocycles. The number of pyridine rings is 1. The molecule has 2 aromatic rings. The summed E-state index contributed by atoms with van der Waals surface area (Å²) in [6.45, 7) is 1.71. The lowest BCUT2D eigenvalue weighted by molar-refractivity contribution is -0.384. The number of benzene rings is 1. The van der Waals surface area contributed by atoms with Gasteiger partial charge in [0, 0.05) is 24.4 Å². The Kier molecular flexibility index (Phi) is 5.37. The number of carbonyl (C=O) groups is 1. The van der Waals surface area contributed by atoms with E-state index < -0.39 is 11.0 Å². The first-order valence-electron chi connectivity index (χ1n) is 7.10. The molecule has 0 aliphatic heterocycles. The SMILES string of the molecule is C[C@H](O)Cc1ccc(Nc2ncc(CC=O)cc2[N+](=O)[O-])cc1. The van der Waals surface area contributed by atoms with E-state index >= 15 is 0 Å². The normalized spacial score (nSPS) is 11.7. The van der Waals surface area contributed by atoms with Gasteiger partial charge in [0.1, 0.15) is 6.29 Å². The molecule has 2 rings (SSSR count). The highest BCUT2D eigenvalue weighted by molar-refractivity contribution is 5.67. The van der Waals surface area contributed by atoms with Crippen molar-refractivity contribution in [1.82, 2.24) is 4.98 Å². The number of hydrogen-bond donors (Lipinski definition) is 2. The summed E-state index contributed by atoms with van der Waals surface area (Å²) in [5.74, 6) is 0.118. The molecule has 2 N–H and O–H groups in total. The maximum Gasteiger partial charge on any atom is 0.312 e. The number of anilines is 2. The minimum atomic E-state index is -0.536. The van der Waals surface area contributed by atoms with Crippen LogP contribution in [0.4, 0.5) is 17.2 Å². The van der Waals surface area contributed by atoms with Gasteiger partial charge in [0.25, 0.3) is 0 Å². The fraction of sp³-hybridized carbons (Fsp3) is 0.250. The van der Waals surface area contributed by atoms with Gasteiger partial charge in [-0.25, -0.2) is 4.98 Å². The Morgan fingerprint density at radius 3 is 2.61 bits per heavy atom. The van der Waals surface area contributed by atoms with Crippen LogP contribution >= 0.6 is 0 Å². The first-order valence-corrected chi connectivity index (χ1v) is 7.10. The van der Waals surface area contributed by atoms with Crippen molar-refractivity contribution in [2.45, 2.75) is 25.9 Å². The Balaban J connectivity index is 2.21. The van der Waals surface area contributed by atoms with E-state index in [2.05, 4.69) is 10.3 Å². The molecule has 0 fully saturated rings. The fourth-order valence-electron chi connectivity index (χ4n) is 2.14. The quantitative estimate of drug-likeness (QED) is 0.462. The summed E-state index contributed by atoms with van der Waals surface area (Å²) in [6.07, 6.45) is 2.31. The summed E-state index contributed by atoms with van der Waals surface area (Å²) in [5.41, 5.74) is 1.93. The minimum Gasteiger partial charge on any atom is -0.393 e. The van der Waals surface area contributed by atoms with Gasteiger partial charge in [-0.1, -0.05) is 12.1 Å². The molecule has 120 valence electrons. The zero-order valence-electron chi connectivity index (χ0n) is 12.6. The van der Waals surface area contributed by atoms with Crippen LogP contribution in [0.5, 0.6) is 0 Å². The van der Waals surface area contributed by atoms with Crippen LogP contribution < -0.4 is 5.32 Å². The van der Waals surface area contributed by atoms with Crippen molar-refractivity contribution in [3.8, 4) is 0 Å². The molecule has 0 bridgehead atoms. The lowest BCUT2D eigenvalue weighted by atomic mass is 10.1. The molecule has 0 saturated carbocycles. The molecule has 1 atom stereocenters. The highest BCUT2D eigenvalue weighted by Crippen LogP contribution is 2.26. The molecule has 7 nitrogen and oxygen atoms in total. The number of aldehydes is 1. The van der Waals surface area contributed by atoms with Crippen LogP contribution in [0.3, 0.4) is 0 Å². The van der Waals surface area contributed by atoms with Crippen LogP contribution in [0.2, 0.25) is 0 Å². The lowest BCUT2D eigenvalue weighted by Gasteiger charge is -2.09. The molecule has 1 heterocycles. The van der Waals surface area contributed by atoms with Crippen molar-refractivity contribution in [3.05, 3.63) is 57.8 Å². The molecule has 0 aliphatic rings. The summed E-state index contributed by atoms with van der Waals surface area (Å²) < 4.78 is 0. The summed E-state index contributed by atoms with van der Waals surface area (Å²) in [4.78, 5) is 25.2. The number of aromatic nitrogens is 1. The third kappa shape index (κ3) is 4.58. The summed E-state index contributed by atoms with van der Waals surface area (Å²) in [6, 6.07) is 8.54. The second-order valence-corrected chi connectivity index (χ2v) is 5.21. The smallest absolute Gasteiger partial charge is 0.312 e. The number of aliphatic hydroxyl groups is 1. The maximum absolute atomic E-state index is 11.2. The number of carbonyl (C=O) groups excluding carboxylic acids is 1. The van der Waals surface area contributed by atoms with Crippen LogP contribution in [-0.4, -0.2) is 27.4 Å². The second kappa shape index (κ2) is 7.46. The van der Waals surface area contributed by atoms with Gasteiger partial charge < -0.3 is 15.2 Å². The molecule has 7 heteroatoms. The van der Waals surface area contributed by atoms with E-state index in [4.69, 9.17) is 0 Å². The number of hydrogen-bond acceptors (Lipinski definition) is 6. The number of nitro groups is 1. The van der Waals surface area contributed by atoms with Crippen molar-refractivity contribution >= 4 is 23.5 Å². The highest BCUT2D eigenvalue weighted by atomic mass is 16.6. The molecule has 0 spiro atoms. The van der Waals surface area contributed by atoms with Gasteiger partial charge in [-0.2, -0.15) is 0 Å². The fourth-order valence-corrected chi connectivity index (χ4v) is 2.14. The van der Waals surface area contributed by atoms with Gasteiger partial charge in [-0.15, -0.1) is 0 Å². The number of nitrogens with zero attached hydrogens (tertiary/aromatic N) is 2. The third-order valence-corrected chi connectivity index (χ3v) is 3.19. The van der Waals surface area contributed by atoms with Crippen LogP contribution in [0.15, 0.2) is 36.5 Å². The van der Waals surface area contributed by atoms with E-state index in [9.17, 15) is 20.0 Å². The standard InChI is InChI=1S/C16H17N3O4/c1-11(21)8-12-2-4-14(5-3-12)18-16-15(19(22)23)9-13(6-7-20)10-17-16/h2-5,7,9-11,21H,6,8H2,1H3,(H,17,18)/t11-/m0/s1. The van der Waals surface area contributed by atoms with Gasteiger partial charge in [-0.3, -0.25) is 10.1 Å². The van der Waals surface area contributed by atoms with Gasteiger partial charge in [0.05, 0.1) is 11.0 Å².